The Kier molecular flexibility index (Phi) is 20.2. The van der Waals surface area contributed by atoms with E-state index in [9.17, 15) is 28.8 Å². The third-order valence-corrected chi connectivity index (χ3v) is 17.0. The highest BCUT2D eigenvalue weighted by Gasteiger charge is 2.29. The third-order valence-electron chi connectivity index (χ3n) is 17.0. The van der Waals surface area contributed by atoms with Gasteiger partial charge < -0.3 is 46.1 Å². The predicted octanol–water partition coefficient (Wildman–Crippen LogP) is 15.8. The highest BCUT2D eigenvalue weighted by molar-refractivity contribution is 6.05. The second-order valence-corrected chi connectivity index (χ2v) is 27.6. The van der Waals surface area contributed by atoms with Crippen molar-refractivity contribution in [1.29, 1.82) is 0 Å². The van der Waals surface area contributed by atoms with Crippen molar-refractivity contribution in [3.63, 3.8) is 0 Å². The minimum absolute atomic E-state index is 0.115. The Balaban J connectivity index is 0.000000141. The van der Waals surface area contributed by atoms with Gasteiger partial charge in [-0.05, 0) is 116 Å². The first kappa shape index (κ1) is 70.8. The average Bonchev–Trinajstić information content (AvgIpc) is 1.66. The van der Waals surface area contributed by atoms with Gasteiger partial charge in [0.15, 0.2) is 0 Å². The highest BCUT2D eigenvalue weighted by atomic mass is 16.5. The second-order valence-electron chi connectivity index (χ2n) is 27.6. The van der Waals surface area contributed by atoms with Crippen LogP contribution in [0, 0.1) is 6.92 Å². The molecule has 25 nitrogen and oxygen atoms in total. The number of hydrogen-bond acceptors (Lipinski definition) is 15. The number of carbonyl (C=O) groups is 6. The lowest BCUT2D eigenvalue weighted by Crippen LogP contribution is -2.21. The zero-order chi connectivity index (χ0) is 74.4. The summed E-state index contributed by atoms with van der Waals surface area (Å²) in [5, 5.41) is 34.0. The number of nitrogens with one attached hydrogen (secondary N) is 7. The van der Waals surface area contributed by atoms with Crippen molar-refractivity contribution in [2.24, 2.45) is 0 Å². The normalized spacial score (nSPS) is 12.6. The molecule has 15 rings (SSSR count). The van der Waals surface area contributed by atoms with E-state index < -0.39 is 6.03 Å². The van der Waals surface area contributed by atoms with Crippen molar-refractivity contribution in [3.05, 3.63) is 263 Å². The van der Waals surface area contributed by atoms with Crippen LogP contribution in [0.1, 0.15) is 122 Å². The van der Waals surface area contributed by atoms with Gasteiger partial charge in [0.05, 0.1) is 53.4 Å². The van der Waals surface area contributed by atoms with Crippen LogP contribution in [-0.4, -0.2) is 79.9 Å². The first-order chi connectivity index (χ1) is 50.9. The van der Waals surface area contributed by atoms with Gasteiger partial charge in [0.1, 0.15) is 69.2 Å². The number of anilines is 7. The van der Waals surface area contributed by atoms with E-state index in [1.165, 1.54) is 0 Å². The summed E-state index contributed by atoms with van der Waals surface area (Å²) in [5.74, 6) is 4.59. The standard InChI is InChI=1S/C28H28N6O3.C27H25N5O3.C26H23N5O3/c1-17-8-10-19(11-9-17)34-24(16-23(33-34)28(2,3)4)31-27(36)30-18-6-5-7-20(14-18)37-22-12-13-29-26-21(22)15-25(35)32-26;1-27(2,3)23-16-21(32(31-23)18-9-5-4-6-10-18)26(34)29-17-8-7-11-19(14-17)35-22-12-13-28-25-20(22)15-24(33)30-25;1-16(2)21-15-22(31(30-21)18-8-4-3-5-9-18)26(33)28-17-7-6-10-19(13-17)34-23-11-12-27-25-20(23)14-24(32)29-25/h5-14,16H,15H2,1-4H3,(H,29,32,35)(H2,30,31,36);4-14,16H,15H2,1-3H3,(H,29,34)(H,28,30,33);3-13,15-16H,14H2,1-2H3,(H,28,33)(H,27,29,32). The zero-order valence-electron chi connectivity index (χ0n) is 59.6. The van der Waals surface area contributed by atoms with E-state index in [0.717, 1.165) is 45.3 Å². The van der Waals surface area contributed by atoms with Crippen molar-refractivity contribution in [1.82, 2.24) is 44.3 Å². The van der Waals surface area contributed by atoms with Gasteiger partial charge >= 0.3 is 6.03 Å². The fraction of sp³-hybridized carbons (Fsp3) is 0.185. The Hall–Kier alpha value is -13.6. The molecule has 9 heterocycles. The molecule has 6 aromatic carbocycles. The van der Waals surface area contributed by atoms with E-state index >= 15 is 0 Å². The smallest absolute Gasteiger partial charge is 0.324 e. The molecule has 25 heteroatoms. The zero-order valence-corrected chi connectivity index (χ0v) is 59.6. The predicted molar refractivity (Wildman–Crippen MR) is 405 cm³/mol. The number of amides is 7. The van der Waals surface area contributed by atoms with E-state index in [1.807, 2.05) is 124 Å². The van der Waals surface area contributed by atoms with Gasteiger partial charge in [0.25, 0.3) is 11.8 Å². The third kappa shape index (κ3) is 16.6. The Labute approximate surface area is 610 Å². The lowest BCUT2D eigenvalue weighted by Gasteiger charge is -2.14. The van der Waals surface area contributed by atoms with Crippen LogP contribution in [0.25, 0.3) is 17.1 Å². The van der Waals surface area contributed by atoms with Crippen LogP contribution in [0.3, 0.4) is 0 Å². The van der Waals surface area contributed by atoms with Gasteiger partial charge in [-0.3, -0.25) is 29.3 Å². The molecule has 0 spiro atoms. The first-order valence-corrected chi connectivity index (χ1v) is 34.3. The van der Waals surface area contributed by atoms with Crippen molar-refractivity contribution in [3.8, 4) is 51.6 Å². The number of hydrogen-bond donors (Lipinski definition) is 7. The summed E-state index contributed by atoms with van der Waals surface area (Å²) in [6.45, 7) is 18.5. The van der Waals surface area contributed by atoms with Gasteiger partial charge in [0, 0.05) is 87.4 Å². The molecule has 6 aromatic heterocycles. The lowest BCUT2D eigenvalue weighted by molar-refractivity contribution is -0.115. The Morgan fingerprint density at radius 1 is 0.425 bits per heavy atom. The number of aryl methyl sites for hydroxylation is 1. The summed E-state index contributed by atoms with van der Waals surface area (Å²) in [7, 11) is 0. The number of urea groups is 1. The maximum Gasteiger partial charge on any atom is 0.324 e. The minimum Gasteiger partial charge on any atom is -0.457 e. The lowest BCUT2D eigenvalue weighted by atomic mass is 9.92. The van der Waals surface area contributed by atoms with Crippen LogP contribution in [0.5, 0.6) is 34.5 Å². The molecule has 3 aliphatic rings. The Morgan fingerprint density at radius 2 is 0.811 bits per heavy atom. The number of nitrogens with zero attached hydrogens (tertiary/aromatic N) is 9. The van der Waals surface area contributed by atoms with E-state index in [2.05, 4.69) is 98.8 Å². The van der Waals surface area contributed by atoms with Crippen LogP contribution in [0.15, 0.2) is 213 Å². The summed E-state index contributed by atoms with van der Waals surface area (Å²) < 4.78 is 23.1. The van der Waals surface area contributed by atoms with E-state index in [1.54, 1.807) is 124 Å². The molecule has 0 saturated heterocycles. The summed E-state index contributed by atoms with van der Waals surface area (Å²) in [4.78, 5) is 87.3. The number of rotatable bonds is 16. The topological polar surface area (TPSA) is 306 Å². The summed E-state index contributed by atoms with van der Waals surface area (Å²) in [5.41, 5.74) is 10.4. The monoisotopic (exact) mass is 1420 g/mol. The van der Waals surface area contributed by atoms with Crippen LogP contribution < -0.4 is 51.4 Å². The van der Waals surface area contributed by atoms with Crippen LogP contribution in [0.4, 0.5) is 45.1 Å². The molecule has 7 N–H and O–H groups in total. The highest BCUT2D eigenvalue weighted by Crippen LogP contribution is 2.38. The molecule has 106 heavy (non-hydrogen) atoms. The van der Waals surface area contributed by atoms with Crippen molar-refractivity contribution < 1.29 is 43.0 Å². The fourth-order valence-electron chi connectivity index (χ4n) is 11.5. The summed E-state index contributed by atoms with van der Waals surface area (Å²) in [6, 6.07) is 58.6. The van der Waals surface area contributed by atoms with Crippen molar-refractivity contribution in [2.45, 2.75) is 98.3 Å². The SMILES string of the molecule is CC(C)(C)c1cc(C(=O)Nc2cccc(Oc3ccnc4c3CC(=O)N4)c2)n(-c2ccccc2)n1.CC(C)c1cc(C(=O)Nc2cccc(Oc3ccnc4c3CC(=O)N4)c2)n(-c2ccccc2)n1.Cc1ccc(-n2nc(C(C)(C)C)cc2NC(=O)Nc2cccc(Oc3ccnc4c3CC(=O)N4)c2)cc1. The molecule has 0 saturated carbocycles. The molecule has 3 aliphatic heterocycles. The van der Waals surface area contributed by atoms with Gasteiger partial charge in [-0.25, -0.2) is 33.8 Å². The molecule has 534 valence electrons. The number of para-hydroxylation sites is 2. The van der Waals surface area contributed by atoms with Crippen LogP contribution in [0.2, 0.25) is 0 Å². The van der Waals surface area contributed by atoms with E-state index in [-0.39, 0.29) is 65.5 Å². The van der Waals surface area contributed by atoms with Gasteiger partial charge in [0.2, 0.25) is 17.7 Å². The maximum atomic E-state index is 13.3. The van der Waals surface area contributed by atoms with E-state index in [4.69, 9.17) is 24.4 Å². The van der Waals surface area contributed by atoms with E-state index in [0.29, 0.717) is 97.3 Å². The Bertz CT molecular complexity index is 5330. The summed E-state index contributed by atoms with van der Waals surface area (Å²) >= 11 is 0. The Morgan fingerprint density at radius 3 is 1.24 bits per heavy atom. The fourth-order valence-corrected chi connectivity index (χ4v) is 11.5. The molecular weight excluding hydrogens is 1340 g/mol. The quantitative estimate of drug-likeness (QED) is 0.0473. The van der Waals surface area contributed by atoms with Crippen molar-refractivity contribution in [2.75, 3.05) is 37.2 Å². The van der Waals surface area contributed by atoms with Gasteiger partial charge in [-0.15, -0.1) is 0 Å². The molecule has 0 bridgehead atoms. The molecule has 0 atom stereocenters. The molecule has 0 unspecified atom stereocenters. The van der Waals surface area contributed by atoms with Crippen LogP contribution >= 0.6 is 0 Å². The molecule has 0 fully saturated rings. The summed E-state index contributed by atoms with van der Waals surface area (Å²) in [6.07, 6.45) is 5.40. The molecular formula is C81H76N16O9. The number of aromatic nitrogens is 9. The number of pyridine rings is 3. The molecule has 7 amide bonds. The number of fused-ring (bicyclic) bond motifs is 3. The number of ether oxygens (including phenoxy) is 3. The molecule has 0 radical (unpaired) electrons. The van der Waals surface area contributed by atoms with Gasteiger partial charge in [-0.2, -0.15) is 15.3 Å². The number of carbonyl (C=O) groups excluding carboxylic acids is 6. The van der Waals surface area contributed by atoms with Crippen molar-refractivity contribution >= 4 is 75.9 Å². The van der Waals surface area contributed by atoms with Gasteiger partial charge in [-0.1, -0.05) is 128 Å². The largest absolute Gasteiger partial charge is 0.457 e. The average molecular weight is 1420 g/mol. The van der Waals surface area contributed by atoms with Crippen LogP contribution in [-0.2, 0) is 44.5 Å². The number of benzene rings is 6. The molecule has 0 aliphatic carbocycles. The molecule has 12 aromatic rings. The maximum absolute atomic E-state index is 13.3. The first-order valence-electron chi connectivity index (χ1n) is 34.3. The minimum atomic E-state index is -0.412. The second kappa shape index (κ2) is 30.2.